The fraction of sp³-hybridized carbons (Fsp3) is 1.00. The molecule has 1 heterocycles. The van der Waals surface area contributed by atoms with E-state index in [1.54, 1.807) is 0 Å². The minimum absolute atomic E-state index is 0.467. The summed E-state index contributed by atoms with van der Waals surface area (Å²) >= 11 is 0. The second kappa shape index (κ2) is 5.31. The van der Waals surface area contributed by atoms with E-state index in [2.05, 4.69) is 11.8 Å². The molecule has 0 amide bonds. The highest BCUT2D eigenvalue weighted by Crippen LogP contribution is 2.27. The molecule has 0 radical (unpaired) electrons. The van der Waals surface area contributed by atoms with Gasteiger partial charge in [0.25, 0.3) is 0 Å². The minimum atomic E-state index is 0.467. The van der Waals surface area contributed by atoms with Crippen molar-refractivity contribution in [1.82, 2.24) is 4.90 Å². The number of hydrogen-bond donors (Lipinski definition) is 1. The summed E-state index contributed by atoms with van der Waals surface area (Å²) in [5.74, 6) is 0.751. The molecule has 0 aromatic rings. The van der Waals surface area contributed by atoms with E-state index in [1.165, 1.54) is 58.0 Å². The Kier molecular flexibility index (Phi) is 4.04. The van der Waals surface area contributed by atoms with Gasteiger partial charge in [-0.15, -0.1) is 0 Å². The van der Waals surface area contributed by atoms with Crippen LogP contribution in [0, 0.1) is 5.92 Å². The zero-order valence-electron chi connectivity index (χ0n) is 10.1. The van der Waals surface area contributed by atoms with Crippen LogP contribution in [0.15, 0.2) is 0 Å². The lowest BCUT2D eigenvalue weighted by Crippen LogP contribution is -2.50. The second-order valence-electron chi connectivity index (χ2n) is 5.41. The van der Waals surface area contributed by atoms with Crippen LogP contribution in [0.25, 0.3) is 0 Å². The first-order chi connectivity index (χ1) is 7.31. The zero-order chi connectivity index (χ0) is 10.7. The quantitative estimate of drug-likeness (QED) is 0.758. The van der Waals surface area contributed by atoms with Gasteiger partial charge in [-0.25, -0.2) is 0 Å². The molecule has 2 unspecified atom stereocenters. The Bertz CT molecular complexity index is 187. The van der Waals surface area contributed by atoms with Gasteiger partial charge in [-0.05, 0) is 31.7 Å². The summed E-state index contributed by atoms with van der Waals surface area (Å²) in [6.07, 6.45) is 9.70. The SMILES string of the molecule is CCC1CN(C2CCCCC2)CCC1N. The molecule has 2 fully saturated rings. The van der Waals surface area contributed by atoms with E-state index < -0.39 is 0 Å². The van der Waals surface area contributed by atoms with Crippen LogP contribution in [0.1, 0.15) is 51.9 Å². The molecular weight excluding hydrogens is 184 g/mol. The summed E-state index contributed by atoms with van der Waals surface area (Å²) in [7, 11) is 0. The molecule has 2 N–H and O–H groups in total. The zero-order valence-corrected chi connectivity index (χ0v) is 10.1. The Hall–Kier alpha value is -0.0800. The molecule has 1 aliphatic heterocycles. The second-order valence-corrected chi connectivity index (χ2v) is 5.41. The Labute approximate surface area is 94.2 Å². The first-order valence-electron chi connectivity index (χ1n) is 6.81. The van der Waals surface area contributed by atoms with Crippen LogP contribution in [0.2, 0.25) is 0 Å². The van der Waals surface area contributed by atoms with Gasteiger partial charge in [0, 0.05) is 18.6 Å². The summed E-state index contributed by atoms with van der Waals surface area (Å²) in [4.78, 5) is 2.73. The van der Waals surface area contributed by atoms with Crippen molar-refractivity contribution in [2.75, 3.05) is 13.1 Å². The van der Waals surface area contributed by atoms with Crippen LogP contribution >= 0.6 is 0 Å². The Balaban J connectivity index is 1.87. The molecule has 2 heteroatoms. The third-order valence-corrected chi connectivity index (χ3v) is 4.44. The van der Waals surface area contributed by atoms with Crippen LogP contribution in [-0.4, -0.2) is 30.1 Å². The molecule has 0 aromatic heterocycles. The molecule has 2 rings (SSSR count). The lowest BCUT2D eigenvalue weighted by molar-refractivity contribution is 0.0857. The first kappa shape index (κ1) is 11.4. The maximum Gasteiger partial charge on any atom is 0.00953 e. The molecule has 2 atom stereocenters. The van der Waals surface area contributed by atoms with Gasteiger partial charge in [0.2, 0.25) is 0 Å². The van der Waals surface area contributed by atoms with E-state index >= 15 is 0 Å². The molecule has 0 spiro atoms. The monoisotopic (exact) mass is 210 g/mol. The normalized spacial score (nSPS) is 35.6. The van der Waals surface area contributed by atoms with E-state index in [0.29, 0.717) is 6.04 Å². The summed E-state index contributed by atoms with van der Waals surface area (Å²) in [5.41, 5.74) is 6.15. The van der Waals surface area contributed by atoms with Gasteiger partial charge < -0.3 is 5.73 Å². The average molecular weight is 210 g/mol. The average Bonchev–Trinajstić information content (AvgIpc) is 2.31. The molecule has 2 aliphatic rings. The largest absolute Gasteiger partial charge is 0.327 e. The van der Waals surface area contributed by atoms with Crippen molar-refractivity contribution in [3.63, 3.8) is 0 Å². The molecule has 0 bridgehead atoms. The van der Waals surface area contributed by atoms with E-state index in [1.807, 2.05) is 0 Å². The van der Waals surface area contributed by atoms with Crippen molar-refractivity contribution >= 4 is 0 Å². The van der Waals surface area contributed by atoms with Crippen LogP contribution in [0.4, 0.5) is 0 Å². The van der Waals surface area contributed by atoms with Crippen molar-refractivity contribution in [1.29, 1.82) is 0 Å². The van der Waals surface area contributed by atoms with Crippen molar-refractivity contribution in [2.45, 2.75) is 64.0 Å². The summed E-state index contributed by atoms with van der Waals surface area (Å²) in [5, 5.41) is 0. The van der Waals surface area contributed by atoms with E-state index in [-0.39, 0.29) is 0 Å². The third-order valence-electron chi connectivity index (χ3n) is 4.44. The van der Waals surface area contributed by atoms with E-state index in [4.69, 9.17) is 5.73 Å². The highest BCUT2D eigenvalue weighted by molar-refractivity contribution is 4.86. The summed E-state index contributed by atoms with van der Waals surface area (Å²) in [6, 6.07) is 1.36. The predicted octanol–water partition coefficient (Wildman–Crippen LogP) is 2.38. The molecular formula is C13H26N2. The third kappa shape index (κ3) is 2.73. The van der Waals surface area contributed by atoms with Crippen molar-refractivity contribution in [3.05, 3.63) is 0 Å². The van der Waals surface area contributed by atoms with Crippen molar-refractivity contribution in [2.24, 2.45) is 11.7 Å². The molecule has 1 aliphatic carbocycles. The maximum absolute atomic E-state index is 6.15. The van der Waals surface area contributed by atoms with Gasteiger partial charge in [-0.3, -0.25) is 4.90 Å². The molecule has 1 saturated heterocycles. The molecule has 15 heavy (non-hydrogen) atoms. The molecule has 2 nitrogen and oxygen atoms in total. The smallest absolute Gasteiger partial charge is 0.00953 e. The van der Waals surface area contributed by atoms with Crippen LogP contribution < -0.4 is 5.73 Å². The topological polar surface area (TPSA) is 29.3 Å². The summed E-state index contributed by atoms with van der Waals surface area (Å²) in [6.45, 7) is 4.81. The highest BCUT2D eigenvalue weighted by atomic mass is 15.2. The van der Waals surface area contributed by atoms with Gasteiger partial charge in [0.05, 0.1) is 0 Å². The number of nitrogens with two attached hydrogens (primary N) is 1. The Morgan fingerprint density at radius 1 is 1.13 bits per heavy atom. The van der Waals surface area contributed by atoms with Gasteiger partial charge in [-0.1, -0.05) is 32.6 Å². The summed E-state index contributed by atoms with van der Waals surface area (Å²) < 4.78 is 0. The van der Waals surface area contributed by atoms with E-state index in [9.17, 15) is 0 Å². The van der Waals surface area contributed by atoms with Crippen LogP contribution in [0.3, 0.4) is 0 Å². The fourth-order valence-corrected chi connectivity index (χ4v) is 3.29. The van der Waals surface area contributed by atoms with Gasteiger partial charge in [0.1, 0.15) is 0 Å². The van der Waals surface area contributed by atoms with Gasteiger partial charge in [-0.2, -0.15) is 0 Å². The number of likely N-dealkylation sites (tertiary alicyclic amines) is 1. The van der Waals surface area contributed by atoms with Crippen molar-refractivity contribution < 1.29 is 0 Å². The highest BCUT2D eigenvalue weighted by Gasteiger charge is 2.29. The minimum Gasteiger partial charge on any atom is -0.327 e. The fourth-order valence-electron chi connectivity index (χ4n) is 3.29. The number of hydrogen-bond acceptors (Lipinski definition) is 2. The maximum atomic E-state index is 6.15. The first-order valence-corrected chi connectivity index (χ1v) is 6.81. The number of piperidine rings is 1. The number of rotatable bonds is 2. The Morgan fingerprint density at radius 2 is 1.87 bits per heavy atom. The Morgan fingerprint density at radius 3 is 2.53 bits per heavy atom. The van der Waals surface area contributed by atoms with E-state index in [0.717, 1.165) is 12.0 Å². The molecule has 0 aromatic carbocycles. The van der Waals surface area contributed by atoms with Gasteiger partial charge in [0.15, 0.2) is 0 Å². The predicted molar refractivity (Wildman–Crippen MR) is 64.8 cm³/mol. The lowest BCUT2D eigenvalue weighted by Gasteiger charge is -2.42. The van der Waals surface area contributed by atoms with Crippen LogP contribution in [0.5, 0.6) is 0 Å². The van der Waals surface area contributed by atoms with Gasteiger partial charge >= 0.3 is 0 Å². The standard InChI is InChI=1S/C13H26N2/c1-2-11-10-15(9-8-13(11)14)12-6-4-3-5-7-12/h11-13H,2-10,14H2,1H3. The molecule has 1 saturated carbocycles. The van der Waals surface area contributed by atoms with Crippen LogP contribution in [-0.2, 0) is 0 Å². The van der Waals surface area contributed by atoms with Crippen molar-refractivity contribution in [3.8, 4) is 0 Å². The molecule has 88 valence electrons. The lowest BCUT2D eigenvalue weighted by atomic mass is 9.87. The number of nitrogens with zero attached hydrogens (tertiary/aromatic N) is 1.